The first kappa shape index (κ1) is 21.1. The summed E-state index contributed by atoms with van der Waals surface area (Å²) in [5.74, 6) is 1.29. The van der Waals surface area contributed by atoms with E-state index in [9.17, 15) is 4.79 Å². The van der Waals surface area contributed by atoms with Crippen LogP contribution in [0.5, 0.6) is 0 Å². The highest BCUT2D eigenvalue weighted by molar-refractivity contribution is 6.35. The third-order valence-corrected chi connectivity index (χ3v) is 7.64. The lowest BCUT2D eigenvalue weighted by atomic mass is 9.86. The Kier molecular flexibility index (Phi) is 6.10. The molecule has 2 atom stereocenters. The molecule has 3 aliphatic rings. The van der Waals surface area contributed by atoms with Crippen molar-refractivity contribution >= 4 is 35.2 Å². The largest absolute Gasteiger partial charge is 0.336 e. The van der Waals surface area contributed by atoms with E-state index in [2.05, 4.69) is 29.2 Å². The van der Waals surface area contributed by atoms with Gasteiger partial charge >= 0.3 is 0 Å². The third kappa shape index (κ3) is 4.69. The molecule has 0 aromatic heterocycles. The number of halogens is 2. The molecule has 0 radical (unpaired) electrons. The number of fused-ring (bicyclic) bond motifs is 1. The lowest BCUT2D eigenvalue weighted by Crippen LogP contribution is -2.57. The maximum absolute atomic E-state index is 13.3. The fraction of sp³-hybridized carbons (Fsp3) is 0.423. The number of piperazine rings is 1. The van der Waals surface area contributed by atoms with E-state index in [1.54, 1.807) is 0 Å². The van der Waals surface area contributed by atoms with Gasteiger partial charge in [-0.1, -0.05) is 59.6 Å². The molecule has 2 aliphatic heterocycles. The minimum Gasteiger partial charge on any atom is -0.336 e. The molecule has 5 heteroatoms. The molecule has 2 saturated heterocycles. The number of hydrogen-bond acceptors (Lipinski definition) is 2. The monoisotopic (exact) mass is 454 g/mol. The molecule has 162 valence electrons. The molecule has 5 rings (SSSR count). The van der Waals surface area contributed by atoms with Gasteiger partial charge in [0.25, 0.3) is 5.91 Å². The van der Waals surface area contributed by atoms with E-state index in [1.807, 2.05) is 35.2 Å². The van der Waals surface area contributed by atoms with E-state index < -0.39 is 0 Å². The molecule has 2 aromatic carbocycles. The van der Waals surface area contributed by atoms with Crippen LogP contribution in [0.25, 0.3) is 6.08 Å². The second-order valence-corrected chi connectivity index (χ2v) is 9.95. The lowest BCUT2D eigenvalue weighted by molar-refractivity contribution is 0.0329. The number of allylic oxidation sites excluding steroid dienone is 1. The average Bonchev–Trinajstić information content (AvgIpc) is 3.62. The van der Waals surface area contributed by atoms with Gasteiger partial charge in [0, 0.05) is 37.2 Å². The Morgan fingerprint density at radius 2 is 1.74 bits per heavy atom. The Balaban J connectivity index is 1.24. The van der Waals surface area contributed by atoms with Gasteiger partial charge in [0.1, 0.15) is 0 Å². The van der Waals surface area contributed by atoms with Crippen molar-refractivity contribution in [2.75, 3.05) is 26.2 Å². The van der Waals surface area contributed by atoms with Crippen molar-refractivity contribution in [3.8, 4) is 0 Å². The van der Waals surface area contributed by atoms with Crippen LogP contribution in [0.2, 0.25) is 10.0 Å². The second kappa shape index (κ2) is 8.97. The average molecular weight is 455 g/mol. The van der Waals surface area contributed by atoms with Crippen LogP contribution in [0.1, 0.15) is 53.1 Å². The number of hydrogen-bond donors (Lipinski definition) is 0. The van der Waals surface area contributed by atoms with Crippen LogP contribution >= 0.6 is 23.2 Å². The quantitative estimate of drug-likeness (QED) is 0.555. The summed E-state index contributed by atoms with van der Waals surface area (Å²) in [5.41, 5.74) is 2.94. The summed E-state index contributed by atoms with van der Waals surface area (Å²) < 4.78 is 0. The summed E-state index contributed by atoms with van der Waals surface area (Å²) in [5, 5.41) is 1.37. The van der Waals surface area contributed by atoms with Crippen LogP contribution in [-0.4, -0.2) is 47.9 Å². The molecule has 1 aliphatic carbocycles. The maximum atomic E-state index is 13.3. The Morgan fingerprint density at radius 3 is 2.52 bits per heavy atom. The van der Waals surface area contributed by atoms with E-state index in [4.69, 9.17) is 23.2 Å². The Bertz CT molecular complexity index is 983. The van der Waals surface area contributed by atoms with Gasteiger partial charge in [-0.15, -0.1) is 0 Å². The van der Waals surface area contributed by atoms with Crippen LogP contribution in [0.4, 0.5) is 0 Å². The van der Waals surface area contributed by atoms with Crippen molar-refractivity contribution in [3.05, 3.63) is 75.3 Å². The standard InChI is InChI=1S/C26H28Cl2N2O/c27-22-11-8-19(9-12-22)21-10-13-23-17-30(15-14-29(23)16-21)26(31)24-3-1-2-20(25(24)28)7-6-18-4-5-18/h1-3,6-9,11-12,18,21,23H,4-5,10,13-17H2/b7-6+/t21-,23+/m0/s1. The van der Waals surface area contributed by atoms with Crippen molar-refractivity contribution in [3.63, 3.8) is 0 Å². The molecule has 1 amide bonds. The van der Waals surface area contributed by atoms with E-state index in [1.165, 1.54) is 18.4 Å². The van der Waals surface area contributed by atoms with Crippen molar-refractivity contribution in [2.24, 2.45) is 5.92 Å². The highest BCUT2D eigenvalue weighted by Gasteiger charge is 2.35. The molecule has 3 nitrogen and oxygen atoms in total. The topological polar surface area (TPSA) is 23.6 Å². The number of rotatable bonds is 4. The summed E-state index contributed by atoms with van der Waals surface area (Å²) >= 11 is 12.7. The van der Waals surface area contributed by atoms with Gasteiger partial charge < -0.3 is 4.90 Å². The zero-order valence-corrected chi connectivity index (χ0v) is 19.2. The highest BCUT2D eigenvalue weighted by atomic mass is 35.5. The molecule has 2 aromatic rings. The normalized spacial score (nSPS) is 24.4. The number of amides is 1. The summed E-state index contributed by atoms with van der Waals surface area (Å²) in [7, 11) is 0. The zero-order chi connectivity index (χ0) is 21.4. The molecule has 0 spiro atoms. The second-order valence-electron chi connectivity index (χ2n) is 9.13. The Morgan fingerprint density at radius 1 is 0.935 bits per heavy atom. The van der Waals surface area contributed by atoms with Gasteiger partial charge in [-0.2, -0.15) is 0 Å². The first-order valence-electron chi connectivity index (χ1n) is 11.3. The zero-order valence-electron chi connectivity index (χ0n) is 17.6. The Hall–Kier alpha value is -1.81. The Labute approximate surface area is 194 Å². The van der Waals surface area contributed by atoms with Gasteiger partial charge in [-0.25, -0.2) is 0 Å². The van der Waals surface area contributed by atoms with Crippen LogP contribution < -0.4 is 0 Å². The van der Waals surface area contributed by atoms with Crippen molar-refractivity contribution in [1.29, 1.82) is 0 Å². The molecule has 31 heavy (non-hydrogen) atoms. The van der Waals surface area contributed by atoms with E-state index >= 15 is 0 Å². The van der Waals surface area contributed by atoms with Crippen molar-refractivity contribution in [1.82, 2.24) is 9.80 Å². The minimum absolute atomic E-state index is 0.0612. The minimum atomic E-state index is 0.0612. The van der Waals surface area contributed by atoms with Crippen LogP contribution in [0.3, 0.4) is 0 Å². The van der Waals surface area contributed by atoms with Gasteiger partial charge in [-0.3, -0.25) is 9.69 Å². The maximum Gasteiger partial charge on any atom is 0.255 e. The third-order valence-electron chi connectivity index (χ3n) is 6.97. The molecule has 1 saturated carbocycles. The molecule has 3 fully saturated rings. The van der Waals surface area contributed by atoms with E-state index in [0.29, 0.717) is 28.5 Å². The lowest BCUT2D eigenvalue weighted by Gasteiger charge is -2.46. The first-order valence-corrected chi connectivity index (χ1v) is 12.1. The molecular formula is C26H28Cl2N2O. The summed E-state index contributed by atoms with van der Waals surface area (Å²) in [4.78, 5) is 17.9. The molecule has 0 N–H and O–H groups in total. The van der Waals surface area contributed by atoms with Crippen LogP contribution in [0.15, 0.2) is 48.5 Å². The number of nitrogens with zero attached hydrogens (tertiary/aromatic N) is 2. The molecule has 0 unspecified atom stereocenters. The van der Waals surface area contributed by atoms with E-state index in [-0.39, 0.29) is 5.91 Å². The molecular weight excluding hydrogens is 427 g/mol. The van der Waals surface area contributed by atoms with Gasteiger partial charge in [0.2, 0.25) is 0 Å². The summed E-state index contributed by atoms with van der Waals surface area (Å²) in [6, 6.07) is 14.5. The number of benzene rings is 2. The van der Waals surface area contributed by atoms with Gasteiger partial charge in [0.15, 0.2) is 0 Å². The first-order chi connectivity index (χ1) is 15.1. The number of carbonyl (C=O) groups is 1. The predicted molar refractivity (Wildman–Crippen MR) is 128 cm³/mol. The molecule has 2 heterocycles. The summed E-state index contributed by atoms with van der Waals surface area (Å²) in [6.07, 6.45) is 9.07. The number of carbonyl (C=O) groups excluding carboxylic acids is 1. The van der Waals surface area contributed by atoms with Gasteiger partial charge in [-0.05, 0) is 66.8 Å². The SMILES string of the molecule is O=C(c1cccc(/C=C/C2CC2)c1Cl)N1CCN2C[C@@H](c3ccc(Cl)cc3)CC[C@@H]2C1. The smallest absolute Gasteiger partial charge is 0.255 e. The summed E-state index contributed by atoms with van der Waals surface area (Å²) in [6.45, 7) is 3.50. The van der Waals surface area contributed by atoms with Gasteiger partial charge in [0.05, 0.1) is 10.6 Å². The highest BCUT2D eigenvalue weighted by Crippen LogP contribution is 2.34. The van der Waals surface area contributed by atoms with Crippen LogP contribution in [0, 0.1) is 5.92 Å². The fourth-order valence-electron chi connectivity index (χ4n) is 4.91. The number of piperidine rings is 1. The van der Waals surface area contributed by atoms with Crippen molar-refractivity contribution in [2.45, 2.75) is 37.6 Å². The van der Waals surface area contributed by atoms with E-state index in [0.717, 1.165) is 49.6 Å². The van der Waals surface area contributed by atoms with Crippen LogP contribution in [-0.2, 0) is 0 Å². The predicted octanol–water partition coefficient (Wildman–Crippen LogP) is 6.12. The molecule has 0 bridgehead atoms. The van der Waals surface area contributed by atoms with Crippen molar-refractivity contribution < 1.29 is 4.79 Å². The fourth-order valence-corrected chi connectivity index (χ4v) is 5.30.